The molecule has 0 aliphatic carbocycles. The molecular formula is C19H25N3O3. The maximum absolute atomic E-state index is 12.6. The number of carbonyl (C=O) groups is 2. The highest BCUT2D eigenvalue weighted by atomic mass is 16.3. The Morgan fingerprint density at radius 1 is 1.20 bits per heavy atom. The quantitative estimate of drug-likeness (QED) is 0.720. The number of nitrogens with two attached hydrogens (primary N) is 1. The molecule has 1 atom stereocenters. The molecule has 0 aliphatic rings. The Morgan fingerprint density at radius 3 is 2.56 bits per heavy atom. The lowest BCUT2D eigenvalue weighted by Crippen LogP contribution is -2.52. The molecule has 4 N–H and O–H groups in total. The van der Waals surface area contributed by atoms with Gasteiger partial charge >= 0.3 is 0 Å². The second-order valence-corrected chi connectivity index (χ2v) is 6.83. The predicted molar refractivity (Wildman–Crippen MR) is 97.5 cm³/mol. The van der Waals surface area contributed by atoms with Crippen molar-refractivity contribution in [1.29, 1.82) is 0 Å². The van der Waals surface area contributed by atoms with Crippen molar-refractivity contribution < 1.29 is 14.0 Å². The SMILES string of the molecule is CC(C)CC(C)(CN)NC(=O)c1cccc(NC(=O)c2ccco2)c1. The zero-order valence-electron chi connectivity index (χ0n) is 14.8. The fourth-order valence-corrected chi connectivity index (χ4v) is 2.77. The first-order valence-electron chi connectivity index (χ1n) is 8.30. The molecule has 0 fully saturated rings. The highest BCUT2D eigenvalue weighted by Gasteiger charge is 2.26. The van der Waals surface area contributed by atoms with Crippen LogP contribution in [-0.2, 0) is 0 Å². The summed E-state index contributed by atoms with van der Waals surface area (Å²) < 4.78 is 5.06. The summed E-state index contributed by atoms with van der Waals surface area (Å²) in [6, 6.07) is 9.97. The Hall–Kier alpha value is -2.60. The van der Waals surface area contributed by atoms with Crippen LogP contribution in [0.3, 0.4) is 0 Å². The second kappa shape index (κ2) is 7.98. The maximum Gasteiger partial charge on any atom is 0.291 e. The number of nitrogens with one attached hydrogen (secondary N) is 2. The van der Waals surface area contributed by atoms with E-state index in [2.05, 4.69) is 24.5 Å². The van der Waals surface area contributed by atoms with E-state index in [4.69, 9.17) is 10.2 Å². The molecule has 2 rings (SSSR count). The average molecular weight is 343 g/mol. The molecule has 0 saturated carbocycles. The molecule has 134 valence electrons. The van der Waals surface area contributed by atoms with E-state index in [1.807, 2.05) is 6.92 Å². The molecule has 0 saturated heterocycles. The maximum atomic E-state index is 12.6. The molecule has 0 spiro atoms. The lowest BCUT2D eigenvalue weighted by atomic mass is 9.90. The molecule has 1 heterocycles. The highest BCUT2D eigenvalue weighted by molar-refractivity contribution is 6.03. The van der Waals surface area contributed by atoms with Crippen molar-refractivity contribution in [2.45, 2.75) is 32.7 Å². The van der Waals surface area contributed by atoms with Crippen molar-refractivity contribution in [3.05, 3.63) is 54.0 Å². The van der Waals surface area contributed by atoms with E-state index >= 15 is 0 Å². The van der Waals surface area contributed by atoms with Crippen LogP contribution in [0.15, 0.2) is 47.1 Å². The summed E-state index contributed by atoms with van der Waals surface area (Å²) in [6.45, 7) is 6.47. The smallest absolute Gasteiger partial charge is 0.291 e. The number of rotatable bonds is 7. The summed E-state index contributed by atoms with van der Waals surface area (Å²) in [5, 5.41) is 5.71. The molecule has 2 amide bonds. The summed E-state index contributed by atoms with van der Waals surface area (Å²) in [6.07, 6.45) is 2.21. The Balaban J connectivity index is 2.09. The first-order chi connectivity index (χ1) is 11.8. The minimum Gasteiger partial charge on any atom is -0.459 e. The standard InChI is InChI=1S/C19H25N3O3/c1-13(2)11-19(3,12-20)22-17(23)14-6-4-7-15(10-14)21-18(24)16-8-5-9-25-16/h4-10,13H,11-12,20H2,1-3H3,(H,21,24)(H,22,23). The van der Waals surface area contributed by atoms with Crippen molar-refractivity contribution in [3.8, 4) is 0 Å². The van der Waals surface area contributed by atoms with E-state index in [9.17, 15) is 9.59 Å². The van der Waals surface area contributed by atoms with Gasteiger partial charge in [0.05, 0.1) is 6.26 Å². The number of hydrogen-bond donors (Lipinski definition) is 3. The van der Waals surface area contributed by atoms with Crippen LogP contribution in [0.1, 0.15) is 48.1 Å². The van der Waals surface area contributed by atoms with Crippen molar-refractivity contribution in [1.82, 2.24) is 5.32 Å². The molecule has 1 unspecified atom stereocenters. The summed E-state index contributed by atoms with van der Waals surface area (Å²) in [4.78, 5) is 24.6. The molecular weight excluding hydrogens is 318 g/mol. The van der Waals surface area contributed by atoms with Gasteiger partial charge in [0.1, 0.15) is 0 Å². The van der Waals surface area contributed by atoms with Crippen molar-refractivity contribution >= 4 is 17.5 Å². The minimum absolute atomic E-state index is 0.211. The fourth-order valence-electron chi connectivity index (χ4n) is 2.77. The van der Waals surface area contributed by atoms with Crippen molar-refractivity contribution in [2.24, 2.45) is 11.7 Å². The van der Waals surface area contributed by atoms with Gasteiger partial charge in [-0.1, -0.05) is 19.9 Å². The zero-order chi connectivity index (χ0) is 18.4. The largest absolute Gasteiger partial charge is 0.459 e. The topological polar surface area (TPSA) is 97.4 Å². The second-order valence-electron chi connectivity index (χ2n) is 6.83. The number of hydrogen-bond acceptors (Lipinski definition) is 4. The summed E-state index contributed by atoms with van der Waals surface area (Å²) in [5.41, 5.74) is 6.36. The number of amides is 2. The molecule has 0 radical (unpaired) electrons. The van der Waals surface area contributed by atoms with Gasteiger partial charge in [0, 0.05) is 23.3 Å². The number of benzene rings is 1. The predicted octanol–water partition coefficient (Wildman–Crippen LogP) is 3.03. The van der Waals surface area contributed by atoms with Crippen LogP contribution >= 0.6 is 0 Å². The van der Waals surface area contributed by atoms with Gasteiger partial charge < -0.3 is 20.8 Å². The molecule has 6 heteroatoms. The number of anilines is 1. The summed E-state index contributed by atoms with van der Waals surface area (Å²) in [5.74, 6) is 0.0344. The molecule has 25 heavy (non-hydrogen) atoms. The van der Waals surface area contributed by atoms with Gasteiger partial charge in [-0.2, -0.15) is 0 Å². The molecule has 0 aliphatic heterocycles. The van der Waals surface area contributed by atoms with E-state index in [1.165, 1.54) is 6.26 Å². The minimum atomic E-state index is -0.474. The molecule has 1 aromatic carbocycles. The van der Waals surface area contributed by atoms with Crippen LogP contribution in [-0.4, -0.2) is 23.9 Å². The number of furan rings is 1. The molecule has 0 bridgehead atoms. The van der Waals surface area contributed by atoms with Crippen LogP contribution < -0.4 is 16.4 Å². The summed E-state index contributed by atoms with van der Waals surface area (Å²) in [7, 11) is 0. The third-order valence-corrected chi connectivity index (χ3v) is 3.85. The van der Waals surface area contributed by atoms with Crippen LogP contribution in [0.4, 0.5) is 5.69 Å². The molecule has 6 nitrogen and oxygen atoms in total. The van der Waals surface area contributed by atoms with Crippen molar-refractivity contribution in [2.75, 3.05) is 11.9 Å². The van der Waals surface area contributed by atoms with Gasteiger partial charge in [-0.15, -0.1) is 0 Å². The molecule has 1 aromatic heterocycles. The normalized spacial score (nSPS) is 13.3. The van der Waals surface area contributed by atoms with E-state index < -0.39 is 5.54 Å². The van der Waals surface area contributed by atoms with Gasteiger partial charge in [0.2, 0.25) is 0 Å². The highest BCUT2D eigenvalue weighted by Crippen LogP contribution is 2.18. The zero-order valence-corrected chi connectivity index (χ0v) is 14.8. The monoisotopic (exact) mass is 343 g/mol. The van der Waals surface area contributed by atoms with Gasteiger partial charge in [-0.25, -0.2) is 0 Å². The first-order valence-corrected chi connectivity index (χ1v) is 8.30. The van der Waals surface area contributed by atoms with Crippen LogP contribution in [0, 0.1) is 5.92 Å². The lowest BCUT2D eigenvalue weighted by molar-refractivity contribution is 0.0897. The van der Waals surface area contributed by atoms with Gasteiger partial charge in [-0.05, 0) is 49.6 Å². The van der Waals surface area contributed by atoms with E-state index in [0.717, 1.165) is 6.42 Å². The Bertz CT molecular complexity index is 725. The average Bonchev–Trinajstić information content (AvgIpc) is 3.09. The van der Waals surface area contributed by atoms with Crippen LogP contribution in [0.25, 0.3) is 0 Å². The van der Waals surface area contributed by atoms with Gasteiger partial charge in [0.25, 0.3) is 11.8 Å². The summed E-state index contributed by atoms with van der Waals surface area (Å²) >= 11 is 0. The Labute approximate surface area is 147 Å². The van der Waals surface area contributed by atoms with E-state index in [0.29, 0.717) is 23.7 Å². The van der Waals surface area contributed by atoms with E-state index in [-0.39, 0.29) is 17.6 Å². The molecule has 2 aromatic rings. The van der Waals surface area contributed by atoms with Gasteiger partial charge in [-0.3, -0.25) is 9.59 Å². The lowest BCUT2D eigenvalue weighted by Gasteiger charge is -2.31. The fraction of sp³-hybridized carbons (Fsp3) is 0.368. The van der Waals surface area contributed by atoms with Gasteiger partial charge in [0.15, 0.2) is 5.76 Å². The van der Waals surface area contributed by atoms with Crippen LogP contribution in [0.5, 0.6) is 0 Å². The van der Waals surface area contributed by atoms with Crippen LogP contribution in [0.2, 0.25) is 0 Å². The Kier molecular flexibility index (Phi) is 5.98. The first kappa shape index (κ1) is 18.7. The Morgan fingerprint density at radius 2 is 1.96 bits per heavy atom. The third-order valence-electron chi connectivity index (χ3n) is 3.85. The van der Waals surface area contributed by atoms with Crippen molar-refractivity contribution in [3.63, 3.8) is 0 Å². The van der Waals surface area contributed by atoms with E-state index in [1.54, 1.807) is 36.4 Å². The third kappa shape index (κ3) is 5.19. The number of carbonyl (C=O) groups excluding carboxylic acids is 2.